The topological polar surface area (TPSA) is 50.1 Å². The van der Waals surface area contributed by atoms with Crippen LogP contribution in [0.1, 0.15) is 19.4 Å². The van der Waals surface area contributed by atoms with Crippen LogP contribution in [0.5, 0.6) is 5.75 Å². The number of aldehydes is 1. The van der Waals surface area contributed by atoms with E-state index >= 15 is 0 Å². The van der Waals surface area contributed by atoms with Gasteiger partial charge < -0.3 is 4.74 Å². The first-order chi connectivity index (χ1) is 6.98. The highest BCUT2D eigenvalue weighted by Crippen LogP contribution is 2.27. The summed E-state index contributed by atoms with van der Waals surface area (Å²) in [6.45, 7) is 3.27. The molecule has 3 nitrogen and oxygen atoms in total. The van der Waals surface area contributed by atoms with Gasteiger partial charge in [0.2, 0.25) is 0 Å². The molecule has 0 aliphatic rings. The van der Waals surface area contributed by atoms with Gasteiger partial charge >= 0.3 is 0 Å². The first kappa shape index (κ1) is 11.5. The lowest BCUT2D eigenvalue weighted by molar-refractivity contribution is -0.118. The Labute approximate surface area is 93.2 Å². The monoisotopic (exact) mass is 223 g/mol. The number of carbonyl (C=O) groups is 1. The molecule has 15 heavy (non-hydrogen) atoms. The molecule has 0 spiro atoms. The summed E-state index contributed by atoms with van der Waals surface area (Å²) in [5, 5.41) is 8.95. The number of halogens is 1. The molecule has 0 amide bonds. The number of nitriles is 1. The number of nitrogens with zero attached hydrogens (tertiary/aromatic N) is 1. The SMILES string of the molecule is CC(C)(C=O)Oc1ccc(C#N)cc1Cl. The minimum atomic E-state index is -0.919. The average molecular weight is 224 g/mol. The van der Waals surface area contributed by atoms with Crippen molar-refractivity contribution in [1.82, 2.24) is 0 Å². The van der Waals surface area contributed by atoms with Gasteiger partial charge in [-0.2, -0.15) is 5.26 Å². The molecule has 0 atom stereocenters. The summed E-state index contributed by atoms with van der Waals surface area (Å²) in [4.78, 5) is 10.6. The van der Waals surface area contributed by atoms with Gasteiger partial charge in [-0.15, -0.1) is 0 Å². The predicted octanol–water partition coefficient (Wildman–Crippen LogP) is 2.57. The lowest BCUT2D eigenvalue weighted by Gasteiger charge is -2.20. The van der Waals surface area contributed by atoms with Crippen molar-refractivity contribution in [2.75, 3.05) is 0 Å². The highest BCUT2D eigenvalue weighted by molar-refractivity contribution is 6.32. The van der Waals surface area contributed by atoms with Gasteiger partial charge in [-0.1, -0.05) is 11.6 Å². The smallest absolute Gasteiger partial charge is 0.162 e. The van der Waals surface area contributed by atoms with Crippen LogP contribution >= 0.6 is 11.6 Å². The van der Waals surface area contributed by atoms with Crippen LogP contribution in [-0.2, 0) is 4.79 Å². The van der Waals surface area contributed by atoms with Crippen LogP contribution in [0.2, 0.25) is 5.02 Å². The van der Waals surface area contributed by atoms with E-state index in [1.54, 1.807) is 26.0 Å². The van der Waals surface area contributed by atoms with Gasteiger partial charge in [-0.3, -0.25) is 4.79 Å². The molecule has 1 aromatic carbocycles. The van der Waals surface area contributed by atoms with Crippen molar-refractivity contribution in [2.24, 2.45) is 0 Å². The standard InChI is InChI=1S/C11H10ClNO2/c1-11(2,7-14)15-10-4-3-8(6-13)5-9(10)12/h3-5,7H,1-2H3. The largest absolute Gasteiger partial charge is 0.479 e. The Hall–Kier alpha value is -1.53. The minimum Gasteiger partial charge on any atom is -0.479 e. The molecule has 1 aromatic rings. The van der Waals surface area contributed by atoms with Crippen LogP contribution in [0.15, 0.2) is 18.2 Å². The maximum absolute atomic E-state index is 10.6. The summed E-state index contributed by atoms with van der Waals surface area (Å²) in [6.07, 6.45) is 0.696. The summed E-state index contributed by atoms with van der Waals surface area (Å²) >= 11 is 5.88. The highest BCUT2D eigenvalue weighted by atomic mass is 35.5. The fraction of sp³-hybridized carbons (Fsp3) is 0.273. The van der Waals surface area contributed by atoms with Crippen LogP contribution in [-0.4, -0.2) is 11.9 Å². The molecule has 0 saturated heterocycles. The number of benzene rings is 1. The second-order valence-corrected chi connectivity index (χ2v) is 3.99. The molecule has 0 aliphatic carbocycles. The fourth-order valence-electron chi connectivity index (χ4n) is 0.961. The molecule has 0 aromatic heterocycles. The van der Waals surface area contributed by atoms with Gasteiger partial charge in [0.1, 0.15) is 5.75 Å². The molecule has 0 fully saturated rings. The van der Waals surface area contributed by atoms with Crippen molar-refractivity contribution in [3.63, 3.8) is 0 Å². The van der Waals surface area contributed by atoms with E-state index in [4.69, 9.17) is 21.6 Å². The third-order valence-electron chi connectivity index (χ3n) is 1.72. The van der Waals surface area contributed by atoms with E-state index in [0.29, 0.717) is 22.6 Å². The normalized spacial score (nSPS) is 10.5. The maximum atomic E-state index is 10.6. The first-order valence-electron chi connectivity index (χ1n) is 4.33. The van der Waals surface area contributed by atoms with Crippen LogP contribution < -0.4 is 4.74 Å². The molecule has 4 heteroatoms. The number of rotatable bonds is 3. The van der Waals surface area contributed by atoms with Gasteiger partial charge in [0, 0.05) is 0 Å². The predicted molar refractivity (Wildman–Crippen MR) is 56.9 cm³/mol. The molecule has 0 unspecified atom stereocenters. The Morgan fingerprint density at radius 2 is 2.20 bits per heavy atom. The summed E-state index contributed by atoms with van der Waals surface area (Å²) < 4.78 is 5.37. The molecule has 0 radical (unpaired) electrons. The van der Waals surface area contributed by atoms with E-state index in [-0.39, 0.29) is 0 Å². The average Bonchev–Trinajstić information content (AvgIpc) is 2.21. The van der Waals surface area contributed by atoms with Gasteiger partial charge in [0.15, 0.2) is 11.9 Å². The van der Waals surface area contributed by atoms with Crippen molar-refractivity contribution in [1.29, 1.82) is 5.26 Å². The van der Waals surface area contributed by atoms with Gasteiger partial charge in [0.05, 0.1) is 16.7 Å². The molecule has 0 saturated carbocycles. The zero-order valence-electron chi connectivity index (χ0n) is 8.45. The number of hydrogen-bond acceptors (Lipinski definition) is 3. The van der Waals surface area contributed by atoms with Crippen LogP contribution in [0.4, 0.5) is 0 Å². The molecular formula is C11H10ClNO2. The molecule has 0 bridgehead atoms. The van der Waals surface area contributed by atoms with Crippen molar-refractivity contribution >= 4 is 17.9 Å². The second-order valence-electron chi connectivity index (χ2n) is 3.58. The van der Waals surface area contributed by atoms with Crippen LogP contribution in [0.25, 0.3) is 0 Å². The van der Waals surface area contributed by atoms with Crippen LogP contribution in [0, 0.1) is 11.3 Å². The van der Waals surface area contributed by atoms with Crippen molar-refractivity contribution in [3.05, 3.63) is 28.8 Å². The summed E-state index contributed by atoms with van der Waals surface area (Å²) in [5.41, 5.74) is -0.464. The van der Waals surface area contributed by atoms with E-state index in [0.717, 1.165) is 0 Å². The fourth-order valence-corrected chi connectivity index (χ4v) is 1.18. The Balaban J connectivity index is 2.98. The molecule has 78 valence electrons. The highest BCUT2D eigenvalue weighted by Gasteiger charge is 2.19. The van der Waals surface area contributed by atoms with Crippen molar-refractivity contribution in [3.8, 4) is 11.8 Å². The van der Waals surface area contributed by atoms with E-state index < -0.39 is 5.60 Å². The lowest BCUT2D eigenvalue weighted by atomic mass is 10.1. The van der Waals surface area contributed by atoms with Crippen LogP contribution in [0.3, 0.4) is 0 Å². The van der Waals surface area contributed by atoms with Gasteiger partial charge in [-0.25, -0.2) is 0 Å². The Morgan fingerprint density at radius 1 is 1.53 bits per heavy atom. The second kappa shape index (κ2) is 4.33. The van der Waals surface area contributed by atoms with E-state index in [2.05, 4.69) is 0 Å². The van der Waals surface area contributed by atoms with Gasteiger partial charge in [0.25, 0.3) is 0 Å². The third-order valence-corrected chi connectivity index (χ3v) is 2.01. The van der Waals surface area contributed by atoms with Crippen molar-refractivity contribution < 1.29 is 9.53 Å². The maximum Gasteiger partial charge on any atom is 0.162 e. The summed E-state index contributed by atoms with van der Waals surface area (Å²) in [5.74, 6) is 0.396. The Kier molecular flexibility index (Phi) is 3.33. The summed E-state index contributed by atoms with van der Waals surface area (Å²) in [7, 11) is 0. The lowest BCUT2D eigenvalue weighted by Crippen LogP contribution is -2.29. The molecule has 0 N–H and O–H groups in total. The molecular weight excluding hydrogens is 214 g/mol. The van der Waals surface area contributed by atoms with Crippen molar-refractivity contribution in [2.45, 2.75) is 19.4 Å². The molecule has 1 rings (SSSR count). The number of carbonyl (C=O) groups excluding carboxylic acids is 1. The number of hydrogen-bond donors (Lipinski definition) is 0. The van der Waals surface area contributed by atoms with E-state index in [1.165, 1.54) is 6.07 Å². The molecule has 0 aliphatic heterocycles. The first-order valence-corrected chi connectivity index (χ1v) is 4.71. The zero-order chi connectivity index (χ0) is 11.5. The zero-order valence-corrected chi connectivity index (χ0v) is 9.21. The number of ether oxygens (including phenoxy) is 1. The summed E-state index contributed by atoms with van der Waals surface area (Å²) in [6, 6.07) is 6.62. The van der Waals surface area contributed by atoms with E-state index in [1.807, 2.05) is 6.07 Å². The quantitative estimate of drug-likeness (QED) is 0.740. The van der Waals surface area contributed by atoms with E-state index in [9.17, 15) is 4.79 Å². The Bertz CT molecular complexity index is 421. The molecule has 0 heterocycles. The van der Waals surface area contributed by atoms with Gasteiger partial charge in [-0.05, 0) is 32.0 Å². The third kappa shape index (κ3) is 2.97. The minimum absolute atomic E-state index is 0.323. The Morgan fingerprint density at radius 3 is 2.67 bits per heavy atom.